The number of ether oxygens (including phenoxy) is 3. The first-order valence-electron chi connectivity index (χ1n) is 7.83. The summed E-state index contributed by atoms with van der Waals surface area (Å²) >= 11 is 0. The van der Waals surface area contributed by atoms with E-state index in [0.29, 0.717) is 17.2 Å². The molecule has 2 aromatic rings. The van der Waals surface area contributed by atoms with E-state index in [-0.39, 0.29) is 13.3 Å². The summed E-state index contributed by atoms with van der Waals surface area (Å²) in [6.45, 7) is 5.33. The van der Waals surface area contributed by atoms with Crippen LogP contribution >= 0.6 is 0 Å². The lowest BCUT2D eigenvalue weighted by atomic mass is 10.2. The van der Waals surface area contributed by atoms with E-state index in [4.69, 9.17) is 14.2 Å². The van der Waals surface area contributed by atoms with Crippen LogP contribution in [0.15, 0.2) is 24.3 Å². The molecule has 1 amide bonds. The number of carbonyl (C=O) groups excluding carboxylic acids is 2. The van der Waals surface area contributed by atoms with Gasteiger partial charge in [-0.15, -0.1) is 0 Å². The van der Waals surface area contributed by atoms with Crippen LogP contribution in [0.5, 0.6) is 11.5 Å². The monoisotopic (exact) mass is 345 g/mol. The Morgan fingerprint density at radius 1 is 1.28 bits per heavy atom. The molecule has 0 saturated heterocycles. The number of amides is 1. The van der Waals surface area contributed by atoms with E-state index in [0.717, 1.165) is 11.4 Å². The second-order valence-corrected chi connectivity index (χ2v) is 5.77. The maximum Gasteiger partial charge on any atom is 0.328 e. The second-order valence-electron chi connectivity index (χ2n) is 5.77. The lowest BCUT2D eigenvalue weighted by Crippen LogP contribution is -2.31. The largest absolute Gasteiger partial charge is 0.454 e. The number of nitrogens with one attached hydrogen (secondary N) is 1. The first-order valence-corrected chi connectivity index (χ1v) is 7.83. The highest BCUT2D eigenvalue weighted by molar-refractivity contribution is 5.95. The summed E-state index contributed by atoms with van der Waals surface area (Å²) in [5.74, 6) is 0.231. The van der Waals surface area contributed by atoms with Gasteiger partial charge in [-0.2, -0.15) is 5.10 Å². The molecule has 0 spiro atoms. The van der Waals surface area contributed by atoms with Crippen molar-refractivity contribution >= 4 is 17.6 Å². The molecular formula is C17H19N3O5. The predicted octanol–water partition coefficient (Wildman–Crippen LogP) is 1.80. The first-order chi connectivity index (χ1) is 11.9. The molecule has 3 rings (SSSR count). The zero-order valence-electron chi connectivity index (χ0n) is 14.2. The molecule has 8 heteroatoms. The minimum Gasteiger partial charge on any atom is -0.454 e. The molecule has 1 aliphatic rings. The van der Waals surface area contributed by atoms with E-state index in [2.05, 4.69) is 10.4 Å². The zero-order chi connectivity index (χ0) is 18.0. The van der Waals surface area contributed by atoms with Gasteiger partial charge in [0.15, 0.2) is 17.6 Å². The van der Waals surface area contributed by atoms with Crippen LogP contribution in [0, 0.1) is 13.8 Å². The Morgan fingerprint density at radius 3 is 2.76 bits per heavy atom. The molecule has 0 fully saturated rings. The highest BCUT2D eigenvalue weighted by Gasteiger charge is 2.20. The van der Waals surface area contributed by atoms with E-state index >= 15 is 0 Å². The number of aromatic nitrogens is 2. The third-order valence-electron chi connectivity index (χ3n) is 3.70. The van der Waals surface area contributed by atoms with Crippen molar-refractivity contribution in [2.75, 3.05) is 12.1 Å². The van der Waals surface area contributed by atoms with Gasteiger partial charge in [-0.1, -0.05) is 0 Å². The molecule has 0 bridgehead atoms. The van der Waals surface area contributed by atoms with Crippen LogP contribution in [0.2, 0.25) is 0 Å². The van der Waals surface area contributed by atoms with Crippen molar-refractivity contribution in [3.63, 3.8) is 0 Å². The van der Waals surface area contributed by atoms with Crippen LogP contribution in [0.3, 0.4) is 0 Å². The number of carbonyl (C=O) groups is 2. The molecule has 0 saturated carbocycles. The summed E-state index contributed by atoms with van der Waals surface area (Å²) in [7, 11) is 0. The number of anilines is 1. The Balaban J connectivity index is 1.55. The van der Waals surface area contributed by atoms with Gasteiger partial charge in [0.25, 0.3) is 5.91 Å². The van der Waals surface area contributed by atoms with Crippen molar-refractivity contribution in [2.45, 2.75) is 33.4 Å². The fourth-order valence-electron chi connectivity index (χ4n) is 2.46. The van der Waals surface area contributed by atoms with Crippen LogP contribution in [0.25, 0.3) is 0 Å². The van der Waals surface area contributed by atoms with Crippen LogP contribution in [-0.4, -0.2) is 34.6 Å². The van der Waals surface area contributed by atoms with Crippen molar-refractivity contribution in [2.24, 2.45) is 0 Å². The van der Waals surface area contributed by atoms with Gasteiger partial charge < -0.3 is 19.5 Å². The van der Waals surface area contributed by atoms with E-state index < -0.39 is 18.0 Å². The SMILES string of the molecule is Cc1cc(C)n(CC(=O)OC(C)C(=O)Nc2ccc3c(c2)OCO3)n1. The van der Waals surface area contributed by atoms with Crippen LogP contribution in [0.4, 0.5) is 5.69 Å². The van der Waals surface area contributed by atoms with Gasteiger partial charge in [0.05, 0.1) is 5.69 Å². The quantitative estimate of drug-likeness (QED) is 0.831. The van der Waals surface area contributed by atoms with Crippen molar-refractivity contribution in [3.8, 4) is 11.5 Å². The first kappa shape index (κ1) is 16.8. The van der Waals surface area contributed by atoms with Crippen LogP contribution < -0.4 is 14.8 Å². The average Bonchev–Trinajstić information content (AvgIpc) is 3.13. The predicted molar refractivity (Wildman–Crippen MR) is 88.4 cm³/mol. The Kier molecular flexibility index (Phi) is 4.60. The van der Waals surface area contributed by atoms with Gasteiger partial charge in [0.2, 0.25) is 6.79 Å². The molecule has 2 heterocycles. The molecule has 0 radical (unpaired) electrons. The minimum atomic E-state index is -0.935. The number of nitrogens with zero attached hydrogens (tertiary/aromatic N) is 2. The third kappa shape index (κ3) is 3.90. The van der Waals surface area contributed by atoms with Crippen LogP contribution in [-0.2, 0) is 20.9 Å². The average molecular weight is 345 g/mol. The Morgan fingerprint density at radius 2 is 2.04 bits per heavy atom. The molecule has 1 N–H and O–H groups in total. The summed E-state index contributed by atoms with van der Waals surface area (Å²) in [5.41, 5.74) is 2.21. The fraction of sp³-hybridized carbons (Fsp3) is 0.353. The van der Waals surface area contributed by atoms with Gasteiger partial charge in [0, 0.05) is 17.4 Å². The zero-order valence-corrected chi connectivity index (χ0v) is 14.2. The van der Waals surface area contributed by atoms with Crippen LogP contribution in [0.1, 0.15) is 18.3 Å². The summed E-state index contributed by atoms with van der Waals surface area (Å²) in [4.78, 5) is 24.2. The van der Waals surface area contributed by atoms with Gasteiger partial charge in [-0.05, 0) is 39.0 Å². The normalized spacial score (nSPS) is 13.4. The maximum absolute atomic E-state index is 12.2. The van der Waals surface area contributed by atoms with Crippen molar-refractivity contribution < 1.29 is 23.8 Å². The molecule has 1 aromatic heterocycles. The molecule has 132 valence electrons. The van der Waals surface area contributed by atoms with Gasteiger partial charge >= 0.3 is 5.97 Å². The number of hydrogen-bond donors (Lipinski definition) is 1. The van der Waals surface area contributed by atoms with E-state index in [1.165, 1.54) is 6.92 Å². The number of benzene rings is 1. The van der Waals surface area contributed by atoms with E-state index in [1.54, 1.807) is 22.9 Å². The van der Waals surface area contributed by atoms with Gasteiger partial charge in [-0.25, -0.2) is 0 Å². The van der Waals surface area contributed by atoms with Crippen molar-refractivity contribution in [1.82, 2.24) is 9.78 Å². The Labute approximate surface area is 144 Å². The summed E-state index contributed by atoms with van der Waals surface area (Å²) in [5, 5.41) is 6.87. The lowest BCUT2D eigenvalue weighted by Gasteiger charge is -2.14. The number of aryl methyl sites for hydroxylation is 2. The number of fused-ring (bicyclic) bond motifs is 1. The topological polar surface area (TPSA) is 91.7 Å². The summed E-state index contributed by atoms with van der Waals surface area (Å²) in [6.07, 6.45) is -0.935. The number of rotatable bonds is 5. The second kappa shape index (κ2) is 6.84. The van der Waals surface area contributed by atoms with Crippen molar-refractivity contribution in [3.05, 3.63) is 35.7 Å². The highest BCUT2D eigenvalue weighted by Crippen LogP contribution is 2.34. The number of esters is 1. The fourth-order valence-corrected chi connectivity index (χ4v) is 2.46. The smallest absolute Gasteiger partial charge is 0.328 e. The Bertz CT molecular complexity index is 815. The lowest BCUT2D eigenvalue weighted by molar-refractivity contribution is -0.154. The minimum absolute atomic E-state index is 0.0404. The molecule has 1 aliphatic heterocycles. The van der Waals surface area contributed by atoms with Gasteiger partial charge in [-0.3, -0.25) is 14.3 Å². The van der Waals surface area contributed by atoms with E-state index in [1.807, 2.05) is 19.9 Å². The Hall–Kier alpha value is -3.03. The highest BCUT2D eigenvalue weighted by atomic mass is 16.7. The van der Waals surface area contributed by atoms with Gasteiger partial charge in [0.1, 0.15) is 6.54 Å². The molecule has 25 heavy (non-hydrogen) atoms. The molecule has 1 atom stereocenters. The maximum atomic E-state index is 12.2. The molecule has 0 aliphatic carbocycles. The van der Waals surface area contributed by atoms with E-state index in [9.17, 15) is 9.59 Å². The molecule has 8 nitrogen and oxygen atoms in total. The molecule has 1 unspecified atom stereocenters. The number of hydrogen-bond acceptors (Lipinski definition) is 6. The molecular weight excluding hydrogens is 326 g/mol. The summed E-state index contributed by atoms with van der Waals surface area (Å²) in [6, 6.07) is 6.92. The standard InChI is InChI=1S/C17H19N3O5/c1-10-6-11(2)20(19-10)8-16(21)25-12(3)17(22)18-13-4-5-14-15(7-13)24-9-23-14/h4-7,12H,8-9H2,1-3H3,(H,18,22). The molecule has 1 aromatic carbocycles. The third-order valence-corrected chi connectivity index (χ3v) is 3.70. The van der Waals surface area contributed by atoms with Crippen molar-refractivity contribution in [1.29, 1.82) is 0 Å². The summed E-state index contributed by atoms with van der Waals surface area (Å²) < 4.78 is 17.2.